The Balaban J connectivity index is 0. The maximum atomic E-state index is 10.5. The maximum Gasteiger partial charge on any atom is 0.322 e. The first-order valence-electron chi connectivity index (χ1n) is 2.66. The van der Waals surface area contributed by atoms with Crippen molar-refractivity contribution in [3.63, 3.8) is 0 Å². The van der Waals surface area contributed by atoms with Gasteiger partial charge < -0.3 is 10.5 Å². The highest BCUT2D eigenvalue weighted by Gasteiger charge is 2.09. The Hall–Kier alpha value is -0.540. The van der Waals surface area contributed by atoms with E-state index < -0.39 is 12.0 Å². The third kappa shape index (κ3) is 4.35. The second kappa shape index (κ2) is 6.58. The molecule has 0 fully saturated rings. The number of rotatable bonds is 3. The van der Waals surface area contributed by atoms with Crippen molar-refractivity contribution in [2.45, 2.75) is 12.5 Å². The van der Waals surface area contributed by atoms with Crippen LogP contribution in [0.2, 0.25) is 0 Å². The molecule has 0 bridgehead atoms. The van der Waals surface area contributed by atoms with Gasteiger partial charge in [0.2, 0.25) is 0 Å². The van der Waals surface area contributed by atoms with Gasteiger partial charge in [0.1, 0.15) is 6.04 Å². The van der Waals surface area contributed by atoms with Gasteiger partial charge in [-0.05, 0) is 6.42 Å². The molecule has 0 amide bonds. The van der Waals surface area contributed by atoms with E-state index >= 15 is 0 Å². The van der Waals surface area contributed by atoms with Crippen LogP contribution < -0.4 is 5.73 Å². The van der Waals surface area contributed by atoms with E-state index in [0.29, 0.717) is 6.42 Å². The summed E-state index contributed by atoms with van der Waals surface area (Å²) in [7, 11) is 1.31. The molecule has 0 rings (SSSR count). The first-order valence-corrected chi connectivity index (χ1v) is 2.66. The average Bonchev–Trinajstić information content (AvgIpc) is 1.87. The maximum absolute atomic E-state index is 10.5. The first-order chi connectivity index (χ1) is 4.22. The minimum atomic E-state index is -0.549. The smallest absolute Gasteiger partial charge is 0.322 e. The van der Waals surface area contributed by atoms with Gasteiger partial charge in [-0.15, -0.1) is 19.0 Å². The topological polar surface area (TPSA) is 52.3 Å². The number of hydrogen-bond acceptors (Lipinski definition) is 3. The minimum Gasteiger partial charge on any atom is -0.468 e. The summed E-state index contributed by atoms with van der Waals surface area (Å²) >= 11 is 0. The number of carbonyl (C=O) groups is 1. The third-order valence-electron chi connectivity index (χ3n) is 0.925. The molecule has 0 spiro atoms. The van der Waals surface area contributed by atoms with Gasteiger partial charge >= 0.3 is 5.97 Å². The quantitative estimate of drug-likeness (QED) is 0.489. The van der Waals surface area contributed by atoms with E-state index in [0.717, 1.165) is 0 Å². The zero-order valence-electron chi connectivity index (χ0n) is 5.87. The van der Waals surface area contributed by atoms with Crippen LogP contribution in [0.1, 0.15) is 6.42 Å². The molecule has 1 atom stereocenters. The highest BCUT2D eigenvalue weighted by molar-refractivity contribution is 5.85. The van der Waals surface area contributed by atoms with Crippen molar-refractivity contribution in [2.24, 2.45) is 5.73 Å². The van der Waals surface area contributed by atoms with Crippen LogP contribution in [0.4, 0.5) is 0 Å². The summed E-state index contributed by atoms with van der Waals surface area (Å²) in [6.45, 7) is 3.43. The van der Waals surface area contributed by atoms with Gasteiger partial charge in [-0.1, -0.05) is 6.08 Å². The molecule has 0 unspecified atom stereocenters. The van der Waals surface area contributed by atoms with E-state index in [1.54, 1.807) is 6.08 Å². The minimum absolute atomic E-state index is 0. The largest absolute Gasteiger partial charge is 0.468 e. The van der Waals surface area contributed by atoms with Gasteiger partial charge in [-0.25, -0.2) is 0 Å². The van der Waals surface area contributed by atoms with Crippen molar-refractivity contribution in [2.75, 3.05) is 7.11 Å². The second-order valence-corrected chi connectivity index (χ2v) is 1.65. The van der Waals surface area contributed by atoms with Gasteiger partial charge in [0.15, 0.2) is 0 Å². The monoisotopic (exact) mass is 165 g/mol. The Labute approximate surface area is 66.6 Å². The van der Waals surface area contributed by atoms with Crippen LogP contribution in [0.25, 0.3) is 0 Å². The molecule has 0 saturated heterocycles. The summed E-state index contributed by atoms with van der Waals surface area (Å²) in [5.41, 5.74) is 5.29. The van der Waals surface area contributed by atoms with Crippen LogP contribution in [-0.4, -0.2) is 19.1 Å². The lowest BCUT2D eigenvalue weighted by Gasteiger charge is -2.03. The molecule has 3 nitrogen and oxygen atoms in total. The molecular formula is C6H12ClNO2. The molecule has 0 radical (unpaired) electrons. The number of esters is 1. The van der Waals surface area contributed by atoms with Crippen molar-refractivity contribution >= 4 is 18.4 Å². The fraction of sp³-hybridized carbons (Fsp3) is 0.500. The normalized spacial score (nSPS) is 11.0. The van der Waals surface area contributed by atoms with Gasteiger partial charge in [-0.3, -0.25) is 4.79 Å². The highest BCUT2D eigenvalue weighted by atomic mass is 35.5. The number of nitrogens with two attached hydrogens (primary N) is 1. The highest BCUT2D eigenvalue weighted by Crippen LogP contribution is 1.89. The summed E-state index contributed by atoms with van der Waals surface area (Å²) in [5.74, 6) is -0.394. The molecular weight excluding hydrogens is 154 g/mol. The molecule has 2 N–H and O–H groups in total. The summed E-state index contributed by atoms with van der Waals surface area (Å²) < 4.78 is 4.35. The van der Waals surface area contributed by atoms with Crippen molar-refractivity contribution < 1.29 is 9.53 Å². The van der Waals surface area contributed by atoms with Crippen LogP contribution in [0.3, 0.4) is 0 Å². The number of hydrogen-bond donors (Lipinski definition) is 1. The molecule has 60 valence electrons. The van der Waals surface area contributed by atoms with E-state index in [1.807, 2.05) is 0 Å². The Morgan fingerprint density at radius 3 is 2.70 bits per heavy atom. The molecule has 0 aromatic rings. The van der Waals surface area contributed by atoms with E-state index in [-0.39, 0.29) is 12.4 Å². The summed E-state index contributed by atoms with van der Waals surface area (Å²) in [6, 6.07) is -0.549. The molecule has 0 saturated carbocycles. The zero-order chi connectivity index (χ0) is 7.28. The fourth-order valence-electron chi connectivity index (χ4n) is 0.427. The Morgan fingerprint density at radius 1 is 1.90 bits per heavy atom. The Morgan fingerprint density at radius 2 is 2.40 bits per heavy atom. The third-order valence-corrected chi connectivity index (χ3v) is 0.925. The molecule has 4 heteroatoms. The molecule has 10 heavy (non-hydrogen) atoms. The van der Waals surface area contributed by atoms with Crippen LogP contribution in [0, 0.1) is 0 Å². The molecule has 0 aliphatic rings. The fourth-order valence-corrected chi connectivity index (χ4v) is 0.427. The lowest BCUT2D eigenvalue weighted by Crippen LogP contribution is -2.30. The second-order valence-electron chi connectivity index (χ2n) is 1.65. The predicted molar refractivity (Wildman–Crippen MR) is 42.1 cm³/mol. The average molecular weight is 166 g/mol. The Kier molecular flexibility index (Phi) is 8.00. The number of ether oxygens (including phenoxy) is 1. The molecule has 0 aromatic carbocycles. The Bertz CT molecular complexity index is 116. The molecule has 0 heterocycles. The van der Waals surface area contributed by atoms with E-state index in [2.05, 4.69) is 11.3 Å². The number of halogens is 1. The van der Waals surface area contributed by atoms with Crippen molar-refractivity contribution in [3.8, 4) is 0 Å². The van der Waals surface area contributed by atoms with Gasteiger partial charge in [0.25, 0.3) is 0 Å². The van der Waals surface area contributed by atoms with Crippen molar-refractivity contribution in [1.82, 2.24) is 0 Å². The van der Waals surface area contributed by atoms with E-state index in [4.69, 9.17) is 5.73 Å². The number of methoxy groups -OCH3 is 1. The number of carbonyl (C=O) groups excluding carboxylic acids is 1. The van der Waals surface area contributed by atoms with Gasteiger partial charge in [-0.2, -0.15) is 0 Å². The molecule has 0 aliphatic heterocycles. The van der Waals surface area contributed by atoms with Gasteiger partial charge in [0.05, 0.1) is 7.11 Å². The van der Waals surface area contributed by atoms with E-state index in [9.17, 15) is 4.79 Å². The lowest BCUT2D eigenvalue weighted by molar-refractivity contribution is -0.142. The lowest BCUT2D eigenvalue weighted by atomic mass is 10.2. The standard InChI is InChI=1S/C6H11NO2.ClH/c1-3-4-5(7)6(8)9-2;/h3,5H,1,4,7H2,2H3;1H/t5-;/m0./s1. The van der Waals surface area contributed by atoms with Crippen LogP contribution in [0.5, 0.6) is 0 Å². The summed E-state index contributed by atoms with van der Waals surface area (Å²) in [4.78, 5) is 10.5. The van der Waals surface area contributed by atoms with Gasteiger partial charge in [0, 0.05) is 0 Å². The van der Waals surface area contributed by atoms with Crippen LogP contribution in [0.15, 0.2) is 12.7 Å². The first kappa shape index (κ1) is 12.2. The SMILES string of the molecule is C=CC[C@H](N)C(=O)OC.Cl. The summed E-state index contributed by atoms with van der Waals surface area (Å²) in [5, 5.41) is 0. The van der Waals surface area contributed by atoms with Crippen molar-refractivity contribution in [1.29, 1.82) is 0 Å². The summed E-state index contributed by atoms with van der Waals surface area (Å²) in [6.07, 6.45) is 2.05. The predicted octanol–water partition coefficient (Wildman–Crippen LogP) is 0.485. The zero-order valence-corrected chi connectivity index (χ0v) is 6.69. The molecule has 0 aliphatic carbocycles. The van der Waals surface area contributed by atoms with Crippen molar-refractivity contribution in [3.05, 3.63) is 12.7 Å². The van der Waals surface area contributed by atoms with Crippen LogP contribution >= 0.6 is 12.4 Å². The molecule has 0 aromatic heterocycles. The van der Waals surface area contributed by atoms with Crippen LogP contribution in [-0.2, 0) is 9.53 Å². The van der Waals surface area contributed by atoms with E-state index in [1.165, 1.54) is 7.11 Å².